The molecule has 0 aliphatic carbocycles. The molecular weight excluding hydrogens is 498 g/mol. The van der Waals surface area contributed by atoms with Gasteiger partial charge in [0.1, 0.15) is 12.4 Å². The van der Waals surface area contributed by atoms with E-state index in [1.54, 1.807) is 19.1 Å². The Morgan fingerprint density at radius 1 is 0.974 bits per heavy atom. The topological polar surface area (TPSA) is 53.1 Å². The Bertz CT molecular complexity index is 1270. The number of carbonyl (C=O) groups excluding carboxylic acids is 2. The molecule has 1 fully saturated rings. The molecule has 7 heteroatoms. The summed E-state index contributed by atoms with van der Waals surface area (Å²) >= 11 is 6.10. The van der Waals surface area contributed by atoms with Crippen molar-refractivity contribution in [2.45, 2.75) is 45.2 Å². The molecule has 3 aromatic carbocycles. The first-order chi connectivity index (χ1) is 18.4. The molecule has 0 saturated carbocycles. The number of halogens is 1. The first-order valence-corrected chi connectivity index (χ1v) is 13.7. The average Bonchev–Trinajstić information content (AvgIpc) is 3.43. The van der Waals surface area contributed by atoms with Gasteiger partial charge in [0.05, 0.1) is 6.04 Å². The van der Waals surface area contributed by atoms with Crippen molar-refractivity contribution in [3.8, 4) is 5.75 Å². The highest BCUT2D eigenvalue weighted by molar-refractivity contribution is 6.30. The summed E-state index contributed by atoms with van der Waals surface area (Å²) in [5.41, 5.74) is 3.17. The van der Waals surface area contributed by atoms with Crippen molar-refractivity contribution in [3.05, 3.63) is 88.9 Å². The predicted octanol–water partition coefficient (Wildman–Crippen LogP) is 6.35. The van der Waals surface area contributed by atoms with Crippen LogP contribution in [-0.2, 0) is 4.79 Å². The fourth-order valence-electron chi connectivity index (χ4n) is 5.65. The molecule has 0 bridgehead atoms. The van der Waals surface area contributed by atoms with Crippen molar-refractivity contribution in [2.24, 2.45) is 0 Å². The van der Waals surface area contributed by atoms with E-state index in [0.717, 1.165) is 42.3 Å². The third kappa shape index (κ3) is 5.57. The standard InChI is InChI=1S/C31H34ClN3O3/c1-22-21-30(35(23(2)36)26-13-11-25(32)12-14-26)28-7-3-4-8-29(28)34(22)31(37)24-9-15-27(16-10-24)38-20-19-33-17-5-6-18-33/h3-4,7-16,22,30H,5-6,17-21H2,1-2H3. The van der Waals surface area contributed by atoms with Crippen molar-refractivity contribution < 1.29 is 14.3 Å². The minimum Gasteiger partial charge on any atom is -0.492 e. The third-order valence-electron chi connectivity index (χ3n) is 7.51. The van der Waals surface area contributed by atoms with Gasteiger partial charge in [-0.15, -0.1) is 0 Å². The Balaban J connectivity index is 1.36. The van der Waals surface area contributed by atoms with Crippen LogP contribution < -0.4 is 14.5 Å². The molecule has 5 rings (SSSR count). The quantitative estimate of drug-likeness (QED) is 0.356. The number of benzene rings is 3. The summed E-state index contributed by atoms with van der Waals surface area (Å²) in [5.74, 6) is 0.653. The SMILES string of the molecule is CC(=O)N(c1ccc(Cl)cc1)C1CC(C)N(C(=O)c2ccc(OCCN3CCCC3)cc2)c2ccccc21. The van der Waals surface area contributed by atoms with E-state index in [1.165, 1.54) is 12.8 Å². The summed E-state index contributed by atoms with van der Waals surface area (Å²) in [6, 6.07) is 22.3. The number of anilines is 2. The second kappa shape index (κ2) is 11.6. The molecule has 2 aliphatic rings. The highest BCUT2D eigenvalue weighted by Crippen LogP contribution is 2.43. The van der Waals surface area contributed by atoms with E-state index in [1.807, 2.05) is 77.4 Å². The number of fused-ring (bicyclic) bond motifs is 1. The van der Waals surface area contributed by atoms with Crippen LogP contribution in [0.1, 0.15) is 55.1 Å². The maximum atomic E-state index is 13.8. The normalized spacial score (nSPS) is 19.2. The van der Waals surface area contributed by atoms with Crippen LogP contribution in [0, 0.1) is 0 Å². The van der Waals surface area contributed by atoms with Crippen molar-refractivity contribution in [1.29, 1.82) is 0 Å². The summed E-state index contributed by atoms with van der Waals surface area (Å²) in [6.07, 6.45) is 3.15. The van der Waals surface area contributed by atoms with Gasteiger partial charge >= 0.3 is 0 Å². The van der Waals surface area contributed by atoms with E-state index in [2.05, 4.69) is 4.90 Å². The number of carbonyl (C=O) groups is 2. The maximum Gasteiger partial charge on any atom is 0.258 e. The van der Waals surface area contributed by atoms with E-state index in [4.69, 9.17) is 16.3 Å². The van der Waals surface area contributed by atoms with Gasteiger partial charge in [-0.3, -0.25) is 14.5 Å². The number of likely N-dealkylation sites (tertiary alicyclic amines) is 1. The summed E-state index contributed by atoms with van der Waals surface area (Å²) in [7, 11) is 0. The molecule has 38 heavy (non-hydrogen) atoms. The molecule has 2 atom stereocenters. The van der Waals surface area contributed by atoms with E-state index < -0.39 is 0 Å². The summed E-state index contributed by atoms with van der Waals surface area (Å²) < 4.78 is 5.93. The highest BCUT2D eigenvalue weighted by Gasteiger charge is 2.38. The summed E-state index contributed by atoms with van der Waals surface area (Å²) in [5, 5.41) is 0.620. The lowest BCUT2D eigenvalue weighted by Crippen LogP contribution is -2.47. The molecule has 0 N–H and O–H groups in total. The number of hydrogen-bond donors (Lipinski definition) is 0. The fourth-order valence-corrected chi connectivity index (χ4v) is 5.78. The molecule has 2 aliphatic heterocycles. The predicted molar refractivity (Wildman–Crippen MR) is 152 cm³/mol. The van der Waals surface area contributed by atoms with E-state index >= 15 is 0 Å². The summed E-state index contributed by atoms with van der Waals surface area (Å²) in [6.45, 7) is 7.49. The molecule has 1 saturated heterocycles. The first-order valence-electron chi connectivity index (χ1n) is 13.4. The summed E-state index contributed by atoms with van der Waals surface area (Å²) in [4.78, 5) is 32.7. The molecule has 2 heterocycles. The van der Waals surface area contributed by atoms with Crippen LogP contribution in [-0.4, -0.2) is 49.0 Å². The smallest absolute Gasteiger partial charge is 0.258 e. The van der Waals surface area contributed by atoms with Crippen molar-refractivity contribution in [3.63, 3.8) is 0 Å². The van der Waals surface area contributed by atoms with Gasteiger partial charge in [0.25, 0.3) is 5.91 Å². The Morgan fingerprint density at radius 2 is 1.66 bits per heavy atom. The third-order valence-corrected chi connectivity index (χ3v) is 7.76. The van der Waals surface area contributed by atoms with Crippen LogP contribution in [0.15, 0.2) is 72.8 Å². The van der Waals surface area contributed by atoms with Crippen LogP contribution in [0.2, 0.25) is 5.02 Å². The van der Waals surface area contributed by atoms with Crippen LogP contribution >= 0.6 is 11.6 Å². The van der Waals surface area contributed by atoms with Gasteiger partial charge in [-0.2, -0.15) is 0 Å². The lowest BCUT2D eigenvalue weighted by Gasteiger charge is -2.43. The van der Waals surface area contributed by atoms with E-state index in [-0.39, 0.29) is 23.9 Å². The lowest BCUT2D eigenvalue weighted by molar-refractivity contribution is -0.117. The second-order valence-corrected chi connectivity index (χ2v) is 10.6. The first kappa shape index (κ1) is 26.3. The zero-order valence-corrected chi connectivity index (χ0v) is 22.7. The molecule has 2 amide bonds. The van der Waals surface area contributed by atoms with Crippen LogP contribution in [0.25, 0.3) is 0 Å². The van der Waals surface area contributed by atoms with E-state index in [0.29, 0.717) is 23.6 Å². The average molecular weight is 532 g/mol. The minimum absolute atomic E-state index is 0.0561. The van der Waals surface area contributed by atoms with Crippen molar-refractivity contribution in [2.75, 3.05) is 36.0 Å². The monoisotopic (exact) mass is 531 g/mol. The van der Waals surface area contributed by atoms with Gasteiger partial charge in [0.2, 0.25) is 5.91 Å². The largest absolute Gasteiger partial charge is 0.492 e. The van der Waals surface area contributed by atoms with E-state index in [9.17, 15) is 9.59 Å². The fraction of sp³-hybridized carbons (Fsp3) is 0.355. The van der Waals surface area contributed by atoms with Crippen LogP contribution in [0.3, 0.4) is 0 Å². The van der Waals surface area contributed by atoms with Crippen LogP contribution in [0.5, 0.6) is 5.75 Å². The number of para-hydroxylation sites is 1. The zero-order valence-electron chi connectivity index (χ0n) is 22.0. The maximum absolute atomic E-state index is 13.8. The molecule has 6 nitrogen and oxygen atoms in total. The highest BCUT2D eigenvalue weighted by atomic mass is 35.5. The number of nitrogens with zero attached hydrogens (tertiary/aromatic N) is 3. The molecule has 198 valence electrons. The number of hydrogen-bond acceptors (Lipinski definition) is 4. The molecule has 0 aromatic heterocycles. The minimum atomic E-state index is -0.199. The molecule has 0 spiro atoms. The lowest BCUT2D eigenvalue weighted by atomic mass is 9.89. The molecule has 3 aromatic rings. The Kier molecular flexibility index (Phi) is 8.01. The molecule has 0 radical (unpaired) electrons. The number of ether oxygens (including phenoxy) is 1. The van der Waals surface area contributed by atoms with Gasteiger partial charge in [-0.25, -0.2) is 0 Å². The van der Waals surface area contributed by atoms with Gasteiger partial charge in [-0.1, -0.05) is 29.8 Å². The van der Waals surface area contributed by atoms with Gasteiger partial charge in [-0.05, 0) is 99.4 Å². The van der Waals surface area contributed by atoms with Crippen LogP contribution in [0.4, 0.5) is 11.4 Å². The molecular formula is C31H34ClN3O3. The van der Waals surface area contributed by atoms with Gasteiger partial charge in [0.15, 0.2) is 0 Å². The zero-order chi connectivity index (χ0) is 26.6. The molecule has 2 unspecified atom stereocenters. The Hall–Kier alpha value is -3.35. The Morgan fingerprint density at radius 3 is 2.34 bits per heavy atom. The van der Waals surface area contributed by atoms with Gasteiger partial charge in [0, 0.05) is 41.5 Å². The Labute approximate surface area is 229 Å². The number of rotatable bonds is 7. The van der Waals surface area contributed by atoms with Crippen molar-refractivity contribution >= 4 is 34.8 Å². The van der Waals surface area contributed by atoms with Gasteiger partial charge < -0.3 is 14.5 Å². The second-order valence-electron chi connectivity index (χ2n) is 10.1. The van der Waals surface area contributed by atoms with Crippen molar-refractivity contribution in [1.82, 2.24) is 4.90 Å². The number of amides is 2.